The SMILES string of the molecule is CCCNC(=O)CN(C)CC(=O)Nc1ccc(C)cc1. The number of aryl methyl sites for hydroxylation is 1. The summed E-state index contributed by atoms with van der Waals surface area (Å²) < 4.78 is 0. The fourth-order valence-corrected chi connectivity index (χ4v) is 1.70. The Bertz CT molecular complexity index is 443. The summed E-state index contributed by atoms with van der Waals surface area (Å²) in [5, 5.41) is 5.58. The molecule has 0 aliphatic rings. The van der Waals surface area contributed by atoms with Gasteiger partial charge < -0.3 is 10.6 Å². The number of rotatable bonds is 7. The van der Waals surface area contributed by atoms with E-state index in [4.69, 9.17) is 0 Å². The van der Waals surface area contributed by atoms with Crippen molar-refractivity contribution in [2.75, 3.05) is 32.0 Å². The number of benzene rings is 1. The lowest BCUT2D eigenvalue weighted by Gasteiger charge is -2.15. The Morgan fingerprint density at radius 2 is 1.70 bits per heavy atom. The number of nitrogens with one attached hydrogen (secondary N) is 2. The zero-order valence-electron chi connectivity index (χ0n) is 12.4. The van der Waals surface area contributed by atoms with Gasteiger partial charge in [0.15, 0.2) is 0 Å². The van der Waals surface area contributed by atoms with Gasteiger partial charge in [-0.25, -0.2) is 0 Å². The summed E-state index contributed by atoms with van der Waals surface area (Å²) in [6.07, 6.45) is 0.906. The van der Waals surface area contributed by atoms with Crippen LogP contribution in [0.25, 0.3) is 0 Å². The smallest absolute Gasteiger partial charge is 0.238 e. The van der Waals surface area contributed by atoms with Crippen molar-refractivity contribution in [3.8, 4) is 0 Å². The summed E-state index contributed by atoms with van der Waals surface area (Å²) in [7, 11) is 1.75. The monoisotopic (exact) mass is 277 g/mol. The second kappa shape index (κ2) is 8.32. The molecule has 110 valence electrons. The molecular formula is C15H23N3O2. The molecule has 0 saturated heterocycles. The molecule has 2 amide bonds. The molecule has 1 aromatic rings. The number of anilines is 1. The summed E-state index contributed by atoms with van der Waals surface area (Å²) in [5.41, 5.74) is 1.91. The predicted octanol–water partition coefficient (Wildman–Crippen LogP) is 1.39. The van der Waals surface area contributed by atoms with Gasteiger partial charge in [0, 0.05) is 12.2 Å². The molecule has 2 N–H and O–H groups in total. The minimum Gasteiger partial charge on any atom is -0.355 e. The van der Waals surface area contributed by atoms with Crippen molar-refractivity contribution in [2.45, 2.75) is 20.3 Å². The highest BCUT2D eigenvalue weighted by Crippen LogP contribution is 2.08. The summed E-state index contributed by atoms with van der Waals surface area (Å²) in [6, 6.07) is 7.61. The summed E-state index contributed by atoms with van der Waals surface area (Å²) in [5.74, 6) is -0.183. The minimum absolute atomic E-state index is 0.0579. The molecule has 0 saturated carbocycles. The van der Waals surface area contributed by atoms with Crippen molar-refractivity contribution in [3.63, 3.8) is 0 Å². The Labute approximate surface area is 120 Å². The van der Waals surface area contributed by atoms with Gasteiger partial charge in [0.05, 0.1) is 13.1 Å². The molecule has 0 spiro atoms. The molecule has 0 aliphatic carbocycles. The fraction of sp³-hybridized carbons (Fsp3) is 0.467. The van der Waals surface area contributed by atoms with Gasteiger partial charge in [0.2, 0.25) is 11.8 Å². The quantitative estimate of drug-likeness (QED) is 0.792. The van der Waals surface area contributed by atoms with Crippen molar-refractivity contribution >= 4 is 17.5 Å². The van der Waals surface area contributed by atoms with Gasteiger partial charge in [-0.05, 0) is 32.5 Å². The maximum Gasteiger partial charge on any atom is 0.238 e. The van der Waals surface area contributed by atoms with Crippen LogP contribution in [0.2, 0.25) is 0 Å². The van der Waals surface area contributed by atoms with Crippen LogP contribution in [0, 0.1) is 6.92 Å². The van der Waals surface area contributed by atoms with Crippen LogP contribution in [0.15, 0.2) is 24.3 Å². The van der Waals surface area contributed by atoms with E-state index in [0.717, 1.165) is 17.7 Å². The average molecular weight is 277 g/mol. The summed E-state index contributed by atoms with van der Waals surface area (Å²) >= 11 is 0. The van der Waals surface area contributed by atoms with Gasteiger partial charge in [0.25, 0.3) is 0 Å². The largest absolute Gasteiger partial charge is 0.355 e. The molecule has 0 fully saturated rings. The first-order valence-corrected chi connectivity index (χ1v) is 6.83. The molecule has 5 heteroatoms. The van der Waals surface area contributed by atoms with Crippen molar-refractivity contribution in [1.82, 2.24) is 10.2 Å². The lowest BCUT2D eigenvalue weighted by Crippen LogP contribution is -2.39. The maximum atomic E-state index is 11.8. The van der Waals surface area contributed by atoms with Crippen LogP contribution in [-0.2, 0) is 9.59 Å². The first kappa shape index (κ1) is 16.2. The molecule has 5 nitrogen and oxygen atoms in total. The Hall–Kier alpha value is -1.88. The molecule has 0 bridgehead atoms. The highest BCUT2D eigenvalue weighted by Gasteiger charge is 2.10. The van der Waals surface area contributed by atoms with Gasteiger partial charge in [-0.1, -0.05) is 24.6 Å². The number of carbonyl (C=O) groups excluding carboxylic acids is 2. The molecular weight excluding hydrogens is 254 g/mol. The second-order valence-electron chi connectivity index (χ2n) is 4.94. The van der Waals surface area contributed by atoms with Gasteiger partial charge in [-0.3, -0.25) is 14.5 Å². The van der Waals surface area contributed by atoms with Crippen LogP contribution in [0.4, 0.5) is 5.69 Å². The van der Waals surface area contributed by atoms with Crippen LogP contribution < -0.4 is 10.6 Å². The van der Waals surface area contributed by atoms with Gasteiger partial charge >= 0.3 is 0 Å². The lowest BCUT2D eigenvalue weighted by molar-refractivity contribution is -0.122. The summed E-state index contributed by atoms with van der Waals surface area (Å²) in [4.78, 5) is 25.0. The minimum atomic E-state index is -0.125. The second-order valence-corrected chi connectivity index (χ2v) is 4.94. The molecule has 1 rings (SSSR count). The predicted molar refractivity (Wildman–Crippen MR) is 80.6 cm³/mol. The fourth-order valence-electron chi connectivity index (χ4n) is 1.70. The van der Waals surface area contributed by atoms with Gasteiger partial charge in [0.1, 0.15) is 0 Å². The zero-order valence-corrected chi connectivity index (χ0v) is 12.4. The molecule has 0 aliphatic heterocycles. The van der Waals surface area contributed by atoms with E-state index >= 15 is 0 Å². The van der Waals surface area contributed by atoms with Gasteiger partial charge in [-0.15, -0.1) is 0 Å². The van der Waals surface area contributed by atoms with Crippen molar-refractivity contribution in [3.05, 3.63) is 29.8 Å². The van der Waals surface area contributed by atoms with Gasteiger partial charge in [-0.2, -0.15) is 0 Å². The van der Waals surface area contributed by atoms with E-state index in [-0.39, 0.29) is 24.9 Å². The highest BCUT2D eigenvalue weighted by molar-refractivity contribution is 5.92. The molecule has 0 aromatic heterocycles. The number of hydrogen-bond acceptors (Lipinski definition) is 3. The normalized spacial score (nSPS) is 10.4. The maximum absolute atomic E-state index is 11.8. The average Bonchev–Trinajstić information content (AvgIpc) is 2.38. The number of carbonyl (C=O) groups is 2. The van der Waals surface area contributed by atoms with E-state index in [1.165, 1.54) is 0 Å². The molecule has 0 unspecified atom stereocenters. The molecule has 20 heavy (non-hydrogen) atoms. The van der Waals surface area contributed by atoms with E-state index in [1.807, 2.05) is 38.1 Å². The first-order valence-electron chi connectivity index (χ1n) is 6.83. The lowest BCUT2D eigenvalue weighted by atomic mass is 10.2. The third kappa shape index (κ3) is 6.33. The number of likely N-dealkylation sites (N-methyl/N-ethyl adjacent to an activating group) is 1. The molecule has 0 atom stereocenters. The van der Waals surface area contributed by atoms with E-state index in [1.54, 1.807) is 11.9 Å². The van der Waals surface area contributed by atoms with Crippen molar-refractivity contribution in [1.29, 1.82) is 0 Å². The van der Waals surface area contributed by atoms with E-state index < -0.39 is 0 Å². The van der Waals surface area contributed by atoms with Crippen LogP contribution in [0.5, 0.6) is 0 Å². The van der Waals surface area contributed by atoms with Crippen molar-refractivity contribution < 1.29 is 9.59 Å². The number of amides is 2. The molecule has 1 aromatic carbocycles. The Morgan fingerprint density at radius 1 is 1.10 bits per heavy atom. The Morgan fingerprint density at radius 3 is 2.30 bits per heavy atom. The van der Waals surface area contributed by atoms with Crippen LogP contribution in [-0.4, -0.2) is 43.4 Å². The standard InChI is InChI=1S/C15H23N3O2/c1-4-9-16-14(19)10-18(3)11-15(20)17-13-7-5-12(2)6-8-13/h5-8H,4,9-11H2,1-3H3,(H,16,19)(H,17,20). The third-order valence-corrected chi connectivity index (χ3v) is 2.73. The van der Waals surface area contributed by atoms with Crippen LogP contribution in [0.3, 0.4) is 0 Å². The number of nitrogens with zero attached hydrogens (tertiary/aromatic N) is 1. The van der Waals surface area contributed by atoms with E-state index in [2.05, 4.69) is 10.6 Å². The van der Waals surface area contributed by atoms with E-state index in [0.29, 0.717) is 6.54 Å². The highest BCUT2D eigenvalue weighted by atomic mass is 16.2. The first-order chi connectivity index (χ1) is 9.51. The summed E-state index contributed by atoms with van der Waals surface area (Å²) in [6.45, 7) is 5.07. The zero-order chi connectivity index (χ0) is 15.0. The van der Waals surface area contributed by atoms with Crippen LogP contribution >= 0.6 is 0 Å². The van der Waals surface area contributed by atoms with Crippen molar-refractivity contribution in [2.24, 2.45) is 0 Å². The topological polar surface area (TPSA) is 61.4 Å². The van der Waals surface area contributed by atoms with E-state index in [9.17, 15) is 9.59 Å². The van der Waals surface area contributed by atoms with Crippen LogP contribution in [0.1, 0.15) is 18.9 Å². The Kier molecular flexibility index (Phi) is 6.73. The third-order valence-electron chi connectivity index (χ3n) is 2.73. The molecule has 0 radical (unpaired) electrons. The molecule has 0 heterocycles. The Balaban J connectivity index is 2.34. The number of hydrogen-bond donors (Lipinski definition) is 2.